The Morgan fingerprint density at radius 3 is 2.03 bits per heavy atom. The SMILES string of the molecule is COc1cc(F)ccc1Oc1cc(C(C)(C)C)cc(C)c1B1OC(C)(C)C(C)(C)O1. The number of benzene rings is 2. The number of ether oxygens (including phenoxy) is 2. The largest absolute Gasteiger partial charge is 0.498 e. The highest BCUT2D eigenvalue weighted by atomic mass is 19.1. The summed E-state index contributed by atoms with van der Waals surface area (Å²) >= 11 is 0. The molecule has 0 atom stereocenters. The molecule has 3 rings (SSSR count). The summed E-state index contributed by atoms with van der Waals surface area (Å²) in [6, 6.07) is 8.39. The minimum atomic E-state index is -0.578. The molecule has 0 bridgehead atoms. The van der Waals surface area contributed by atoms with Crippen molar-refractivity contribution in [1.29, 1.82) is 0 Å². The summed E-state index contributed by atoms with van der Waals surface area (Å²) in [4.78, 5) is 0. The van der Waals surface area contributed by atoms with Crippen molar-refractivity contribution in [3.8, 4) is 17.2 Å². The fourth-order valence-corrected chi connectivity index (χ4v) is 3.39. The molecular formula is C24H32BFO4. The van der Waals surface area contributed by atoms with Crippen LogP contribution in [0.5, 0.6) is 17.2 Å². The highest BCUT2D eigenvalue weighted by Crippen LogP contribution is 2.39. The van der Waals surface area contributed by atoms with E-state index < -0.39 is 18.3 Å². The van der Waals surface area contributed by atoms with E-state index in [9.17, 15) is 4.39 Å². The molecule has 1 heterocycles. The van der Waals surface area contributed by atoms with E-state index in [-0.39, 0.29) is 11.2 Å². The van der Waals surface area contributed by atoms with Crippen LogP contribution < -0.4 is 14.9 Å². The van der Waals surface area contributed by atoms with Crippen molar-refractivity contribution >= 4 is 12.6 Å². The number of aryl methyl sites for hydroxylation is 1. The third kappa shape index (κ3) is 4.21. The normalized spacial score (nSPS) is 17.9. The molecular weight excluding hydrogens is 382 g/mol. The summed E-state index contributed by atoms with van der Waals surface area (Å²) in [5, 5.41) is 0. The van der Waals surface area contributed by atoms with E-state index in [4.69, 9.17) is 18.8 Å². The second-order valence-electron chi connectivity index (χ2n) is 9.94. The van der Waals surface area contributed by atoms with Gasteiger partial charge in [0.15, 0.2) is 11.5 Å². The Kier molecular flexibility index (Phi) is 5.72. The van der Waals surface area contributed by atoms with Crippen molar-refractivity contribution in [3.63, 3.8) is 0 Å². The lowest BCUT2D eigenvalue weighted by molar-refractivity contribution is 0.00578. The van der Waals surface area contributed by atoms with Gasteiger partial charge in [0.2, 0.25) is 0 Å². The molecule has 1 saturated heterocycles. The molecule has 1 aliphatic rings. The fraction of sp³-hybridized carbons (Fsp3) is 0.500. The van der Waals surface area contributed by atoms with Crippen LogP contribution in [0, 0.1) is 12.7 Å². The predicted octanol–water partition coefficient (Wildman–Crippen LogP) is 5.53. The molecule has 0 aromatic heterocycles. The Morgan fingerprint density at radius 1 is 0.900 bits per heavy atom. The van der Waals surface area contributed by atoms with Crippen LogP contribution in [0.4, 0.5) is 4.39 Å². The Morgan fingerprint density at radius 2 is 1.50 bits per heavy atom. The van der Waals surface area contributed by atoms with E-state index in [0.29, 0.717) is 17.2 Å². The van der Waals surface area contributed by atoms with Crippen molar-refractivity contribution in [2.75, 3.05) is 7.11 Å². The van der Waals surface area contributed by atoms with E-state index in [0.717, 1.165) is 16.6 Å². The van der Waals surface area contributed by atoms with Crippen LogP contribution in [0.25, 0.3) is 0 Å². The fourth-order valence-electron chi connectivity index (χ4n) is 3.39. The zero-order chi connectivity index (χ0) is 22.5. The first-order chi connectivity index (χ1) is 13.7. The lowest BCUT2D eigenvalue weighted by atomic mass is 9.73. The van der Waals surface area contributed by atoms with Gasteiger partial charge in [0.1, 0.15) is 11.6 Å². The smallest absolute Gasteiger partial charge is 0.493 e. The average molecular weight is 414 g/mol. The molecule has 4 nitrogen and oxygen atoms in total. The first-order valence-electron chi connectivity index (χ1n) is 10.3. The van der Waals surface area contributed by atoms with Gasteiger partial charge in [-0.3, -0.25) is 0 Å². The molecule has 30 heavy (non-hydrogen) atoms. The molecule has 0 N–H and O–H groups in total. The molecule has 0 unspecified atom stereocenters. The van der Waals surface area contributed by atoms with Gasteiger partial charge in [-0.2, -0.15) is 0 Å². The molecule has 1 fully saturated rings. The minimum absolute atomic E-state index is 0.0792. The molecule has 0 aliphatic carbocycles. The molecule has 0 saturated carbocycles. The van der Waals surface area contributed by atoms with Crippen LogP contribution in [0.1, 0.15) is 59.6 Å². The molecule has 1 aliphatic heterocycles. The highest BCUT2D eigenvalue weighted by molar-refractivity contribution is 6.63. The first-order valence-corrected chi connectivity index (χ1v) is 10.3. The van der Waals surface area contributed by atoms with Gasteiger partial charge in [0.25, 0.3) is 0 Å². The van der Waals surface area contributed by atoms with Crippen LogP contribution in [0.15, 0.2) is 30.3 Å². The molecule has 2 aromatic carbocycles. The van der Waals surface area contributed by atoms with Gasteiger partial charge in [-0.25, -0.2) is 4.39 Å². The van der Waals surface area contributed by atoms with E-state index in [2.05, 4.69) is 26.8 Å². The van der Waals surface area contributed by atoms with Gasteiger partial charge < -0.3 is 18.8 Å². The number of halogens is 1. The summed E-state index contributed by atoms with van der Waals surface area (Å²) in [5.74, 6) is 0.990. The number of hydrogen-bond acceptors (Lipinski definition) is 4. The third-order valence-corrected chi connectivity index (χ3v) is 6.05. The van der Waals surface area contributed by atoms with Crippen LogP contribution >= 0.6 is 0 Å². The summed E-state index contributed by atoms with van der Waals surface area (Å²) < 4.78 is 37.9. The summed E-state index contributed by atoms with van der Waals surface area (Å²) in [6.45, 7) is 16.6. The molecule has 0 radical (unpaired) electrons. The van der Waals surface area contributed by atoms with Crippen molar-refractivity contribution in [2.24, 2.45) is 0 Å². The number of hydrogen-bond donors (Lipinski definition) is 0. The van der Waals surface area contributed by atoms with Crippen molar-refractivity contribution in [3.05, 3.63) is 47.3 Å². The standard InChI is InChI=1S/C24H32BFO4/c1-15-12-16(22(2,3)4)13-20(28-18-11-10-17(26)14-19(18)27-9)21(15)25-29-23(5,6)24(7,8)30-25/h10-14H,1-9H3. The van der Waals surface area contributed by atoms with E-state index in [1.54, 1.807) is 6.07 Å². The van der Waals surface area contributed by atoms with Crippen LogP contribution in [0.3, 0.4) is 0 Å². The van der Waals surface area contributed by atoms with Gasteiger partial charge in [-0.15, -0.1) is 0 Å². The molecule has 0 spiro atoms. The molecule has 2 aromatic rings. The van der Waals surface area contributed by atoms with Crippen molar-refractivity contribution < 1.29 is 23.2 Å². The first kappa shape index (κ1) is 22.6. The van der Waals surface area contributed by atoms with Gasteiger partial charge in [-0.05, 0) is 69.4 Å². The molecule has 162 valence electrons. The zero-order valence-electron chi connectivity index (χ0n) is 19.5. The maximum absolute atomic E-state index is 13.7. The Balaban J connectivity index is 2.14. The predicted molar refractivity (Wildman–Crippen MR) is 119 cm³/mol. The summed E-state index contributed by atoms with van der Waals surface area (Å²) in [6.07, 6.45) is 0. The summed E-state index contributed by atoms with van der Waals surface area (Å²) in [5.41, 5.74) is 1.93. The topological polar surface area (TPSA) is 36.9 Å². The van der Waals surface area contributed by atoms with Crippen LogP contribution in [0.2, 0.25) is 0 Å². The highest BCUT2D eigenvalue weighted by Gasteiger charge is 2.53. The lowest BCUT2D eigenvalue weighted by Crippen LogP contribution is -2.41. The van der Waals surface area contributed by atoms with Gasteiger partial charge in [0.05, 0.1) is 18.3 Å². The van der Waals surface area contributed by atoms with E-state index in [1.165, 1.54) is 19.2 Å². The third-order valence-electron chi connectivity index (χ3n) is 6.05. The van der Waals surface area contributed by atoms with E-state index >= 15 is 0 Å². The maximum atomic E-state index is 13.7. The second kappa shape index (κ2) is 7.58. The number of methoxy groups -OCH3 is 1. The van der Waals surface area contributed by atoms with Gasteiger partial charge in [0, 0.05) is 11.5 Å². The van der Waals surface area contributed by atoms with Gasteiger partial charge in [-0.1, -0.05) is 26.8 Å². The van der Waals surface area contributed by atoms with Crippen LogP contribution in [-0.2, 0) is 14.7 Å². The molecule has 6 heteroatoms. The Bertz CT molecular complexity index is 931. The zero-order valence-corrected chi connectivity index (χ0v) is 19.5. The van der Waals surface area contributed by atoms with Gasteiger partial charge >= 0.3 is 7.12 Å². The summed E-state index contributed by atoms with van der Waals surface area (Å²) in [7, 11) is 0.915. The second-order valence-corrected chi connectivity index (χ2v) is 9.94. The van der Waals surface area contributed by atoms with E-state index in [1.807, 2.05) is 40.7 Å². The Labute approximate surface area is 179 Å². The van der Waals surface area contributed by atoms with Crippen molar-refractivity contribution in [2.45, 2.75) is 72.0 Å². The number of rotatable bonds is 4. The monoisotopic (exact) mass is 414 g/mol. The van der Waals surface area contributed by atoms with Crippen molar-refractivity contribution in [1.82, 2.24) is 0 Å². The molecule has 0 amide bonds. The quantitative estimate of drug-likeness (QED) is 0.617. The maximum Gasteiger partial charge on any atom is 0.498 e. The Hall–Kier alpha value is -2.05. The lowest BCUT2D eigenvalue weighted by Gasteiger charge is -2.32. The average Bonchev–Trinajstić information content (AvgIpc) is 2.82. The van der Waals surface area contributed by atoms with Crippen LogP contribution in [-0.4, -0.2) is 25.4 Å². The minimum Gasteiger partial charge on any atom is -0.493 e.